The summed E-state index contributed by atoms with van der Waals surface area (Å²) in [7, 11) is 3.76. The lowest BCUT2D eigenvalue weighted by molar-refractivity contribution is 0.0695. The summed E-state index contributed by atoms with van der Waals surface area (Å²) in [6.07, 6.45) is 1.27. The molecule has 1 heterocycles. The maximum Gasteiger partial charge on any atom is 0.341 e. The van der Waals surface area contributed by atoms with Crippen LogP contribution < -0.4 is 5.43 Å². The normalized spacial score (nSPS) is 11.2. The molecule has 2 rings (SSSR count). The number of carboxylic acids is 1. The lowest BCUT2D eigenvalue weighted by atomic mass is 10.1. The van der Waals surface area contributed by atoms with Gasteiger partial charge >= 0.3 is 5.97 Å². The zero-order valence-corrected chi connectivity index (χ0v) is 11.3. The molecular formula is C14H15FN2O3. The first-order chi connectivity index (χ1) is 9.40. The Kier molecular flexibility index (Phi) is 3.85. The molecule has 0 aliphatic heterocycles. The van der Waals surface area contributed by atoms with E-state index in [4.69, 9.17) is 5.11 Å². The number of benzene rings is 1. The Balaban J connectivity index is 2.69. The summed E-state index contributed by atoms with van der Waals surface area (Å²) in [4.78, 5) is 25.1. The number of nitrogens with zero attached hydrogens (tertiary/aromatic N) is 2. The lowest BCUT2D eigenvalue weighted by Gasteiger charge is -2.15. The van der Waals surface area contributed by atoms with Crippen molar-refractivity contribution in [2.24, 2.45) is 0 Å². The summed E-state index contributed by atoms with van der Waals surface area (Å²) >= 11 is 0. The van der Waals surface area contributed by atoms with Crippen LogP contribution in [0.4, 0.5) is 4.39 Å². The smallest absolute Gasteiger partial charge is 0.341 e. The number of pyridine rings is 1. The molecule has 1 aromatic heterocycles. The first-order valence-electron chi connectivity index (χ1n) is 6.11. The SMILES string of the molecule is CN(C)CCn1cc(C(=O)O)c(=O)c2ccc(F)cc21. The van der Waals surface area contributed by atoms with Crippen molar-refractivity contribution < 1.29 is 14.3 Å². The molecule has 0 radical (unpaired) electrons. The number of carbonyl (C=O) groups is 1. The minimum Gasteiger partial charge on any atom is -0.477 e. The van der Waals surface area contributed by atoms with Gasteiger partial charge in [0.05, 0.1) is 5.52 Å². The van der Waals surface area contributed by atoms with Gasteiger partial charge in [-0.25, -0.2) is 9.18 Å². The zero-order valence-electron chi connectivity index (χ0n) is 11.3. The molecule has 0 unspecified atom stereocenters. The molecule has 0 fully saturated rings. The predicted molar refractivity (Wildman–Crippen MR) is 73.7 cm³/mol. The summed E-state index contributed by atoms with van der Waals surface area (Å²) in [6, 6.07) is 3.73. The molecule has 0 aliphatic rings. The quantitative estimate of drug-likeness (QED) is 0.918. The molecule has 20 heavy (non-hydrogen) atoms. The largest absolute Gasteiger partial charge is 0.477 e. The van der Waals surface area contributed by atoms with Crippen molar-refractivity contribution in [2.45, 2.75) is 6.54 Å². The number of carboxylic acid groups (broad SMARTS) is 1. The highest BCUT2D eigenvalue weighted by molar-refractivity contribution is 5.92. The number of hydrogen-bond acceptors (Lipinski definition) is 3. The van der Waals surface area contributed by atoms with Crippen LogP contribution >= 0.6 is 0 Å². The van der Waals surface area contributed by atoms with Crippen molar-refractivity contribution in [2.75, 3.05) is 20.6 Å². The minimum absolute atomic E-state index is 0.213. The van der Waals surface area contributed by atoms with Gasteiger partial charge in [0.15, 0.2) is 0 Å². The number of rotatable bonds is 4. The second kappa shape index (κ2) is 5.42. The van der Waals surface area contributed by atoms with Crippen LogP contribution in [0.5, 0.6) is 0 Å². The van der Waals surface area contributed by atoms with Gasteiger partial charge in [-0.15, -0.1) is 0 Å². The molecule has 106 valence electrons. The van der Waals surface area contributed by atoms with Gasteiger partial charge < -0.3 is 14.6 Å². The van der Waals surface area contributed by atoms with Gasteiger partial charge in [0, 0.05) is 24.7 Å². The van der Waals surface area contributed by atoms with Gasteiger partial charge in [-0.2, -0.15) is 0 Å². The van der Waals surface area contributed by atoms with Crippen molar-refractivity contribution in [3.63, 3.8) is 0 Å². The Labute approximate surface area is 114 Å². The van der Waals surface area contributed by atoms with E-state index in [2.05, 4.69) is 0 Å². The second-order valence-electron chi connectivity index (χ2n) is 4.84. The van der Waals surface area contributed by atoms with Crippen molar-refractivity contribution in [3.05, 3.63) is 46.0 Å². The summed E-state index contributed by atoms with van der Waals surface area (Å²) < 4.78 is 15.0. The van der Waals surface area contributed by atoms with Crippen LogP contribution in [-0.4, -0.2) is 41.2 Å². The molecule has 0 saturated heterocycles. The fraction of sp³-hybridized carbons (Fsp3) is 0.286. The van der Waals surface area contributed by atoms with Crippen molar-refractivity contribution in [1.29, 1.82) is 0 Å². The molecule has 2 aromatic rings. The molecule has 5 nitrogen and oxygen atoms in total. The summed E-state index contributed by atoms with van der Waals surface area (Å²) in [5.41, 5.74) is -0.488. The first kappa shape index (κ1) is 14.2. The third-order valence-corrected chi connectivity index (χ3v) is 3.06. The highest BCUT2D eigenvalue weighted by Gasteiger charge is 2.14. The molecule has 0 aliphatic carbocycles. The molecule has 0 atom stereocenters. The monoisotopic (exact) mass is 278 g/mol. The van der Waals surface area contributed by atoms with E-state index in [1.165, 1.54) is 18.3 Å². The van der Waals surface area contributed by atoms with Gasteiger partial charge in [-0.1, -0.05) is 0 Å². The first-order valence-corrected chi connectivity index (χ1v) is 6.11. The third kappa shape index (κ3) is 2.70. The van der Waals surface area contributed by atoms with E-state index >= 15 is 0 Å². The maximum atomic E-state index is 13.4. The standard InChI is InChI=1S/C14H15FN2O3/c1-16(2)5-6-17-8-11(14(19)20)13(18)10-4-3-9(15)7-12(10)17/h3-4,7-8H,5-6H2,1-2H3,(H,19,20). The van der Waals surface area contributed by atoms with Crippen LogP contribution in [0.3, 0.4) is 0 Å². The predicted octanol–water partition coefficient (Wildman–Crippen LogP) is 1.40. The highest BCUT2D eigenvalue weighted by Crippen LogP contribution is 2.14. The van der Waals surface area contributed by atoms with Crippen LogP contribution in [0.1, 0.15) is 10.4 Å². The van der Waals surface area contributed by atoms with E-state index in [-0.39, 0.29) is 10.9 Å². The lowest BCUT2D eigenvalue weighted by Crippen LogP contribution is -2.23. The van der Waals surface area contributed by atoms with E-state index in [1.54, 1.807) is 4.57 Å². The molecule has 1 aromatic carbocycles. The van der Waals surface area contributed by atoms with Gasteiger partial charge in [0.2, 0.25) is 5.43 Å². The molecule has 0 amide bonds. The van der Waals surface area contributed by atoms with Crippen LogP contribution in [0.2, 0.25) is 0 Å². The fourth-order valence-corrected chi connectivity index (χ4v) is 2.01. The average Bonchev–Trinajstić information content (AvgIpc) is 2.37. The van der Waals surface area contributed by atoms with Crippen LogP contribution in [0, 0.1) is 5.82 Å². The van der Waals surface area contributed by atoms with Crippen molar-refractivity contribution >= 4 is 16.9 Å². The molecule has 0 saturated carbocycles. The molecule has 6 heteroatoms. The van der Waals surface area contributed by atoms with Gasteiger partial charge in [0.25, 0.3) is 0 Å². The minimum atomic E-state index is -1.28. The molecule has 0 spiro atoms. The van der Waals surface area contributed by atoms with E-state index in [9.17, 15) is 14.0 Å². The number of aromatic carboxylic acids is 1. The maximum absolute atomic E-state index is 13.4. The Hall–Kier alpha value is -2.21. The van der Waals surface area contributed by atoms with E-state index in [1.807, 2.05) is 19.0 Å². The van der Waals surface area contributed by atoms with Gasteiger partial charge in [-0.05, 0) is 32.3 Å². The Morgan fingerprint density at radius 3 is 2.70 bits per heavy atom. The third-order valence-electron chi connectivity index (χ3n) is 3.06. The summed E-state index contributed by atoms with van der Waals surface area (Å²) in [5, 5.41) is 9.30. The number of fused-ring (bicyclic) bond motifs is 1. The fourth-order valence-electron chi connectivity index (χ4n) is 2.01. The summed E-state index contributed by atoms with van der Waals surface area (Å²) in [6.45, 7) is 1.11. The van der Waals surface area contributed by atoms with Gasteiger partial charge in [-0.3, -0.25) is 4.79 Å². The van der Waals surface area contributed by atoms with Crippen molar-refractivity contribution in [1.82, 2.24) is 9.47 Å². The van der Waals surface area contributed by atoms with Crippen LogP contribution in [0.25, 0.3) is 10.9 Å². The van der Waals surface area contributed by atoms with E-state index in [0.717, 1.165) is 6.07 Å². The van der Waals surface area contributed by atoms with Gasteiger partial charge in [0.1, 0.15) is 11.4 Å². The topological polar surface area (TPSA) is 62.5 Å². The molecule has 0 bridgehead atoms. The Morgan fingerprint density at radius 1 is 1.40 bits per heavy atom. The number of hydrogen-bond donors (Lipinski definition) is 1. The van der Waals surface area contributed by atoms with E-state index < -0.39 is 17.2 Å². The number of likely N-dealkylation sites (N-methyl/N-ethyl adjacent to an activating group) is 1. The average molecular weight is 278 g/mol. The highest BCUT2D eigenvalue weighted by atomic mass is 19.1. The van der Waals surface area contributed by atoms with E-state index in [0.29, 0.717) is 18.6 Å². The van der Waals surface area contributed by atoms with Crippen LogP contribution in [-0.2, 0) is 6.54 Å². The number of halogens is 1. The Morgan fingerprint density at radius 2 is 2.10 bits per heavy atom. The Bertz CT molecular complexity index is 722. The second-order valence-corrected chi connectivity index (χ2v) is 4.84. The van der Waals surface area contributed by atoms with Crippen molar-refractivity contribution in [3.8, 4) is 0 Å². The number of aromatic nitrogens is 1. The van der Waals surface area contributed by atoms with Crippen LogP contribution in [0.15, 0.2) is 29.2 Å². The molecular weight excluding hydrogens is 263 g/mol. The molecule has 1 N–H and O–H groups in total. The zero-order chi connectivity index (χ0) is 14.9. The summed E-state index contributed by atoms with van der Waals surface area (Å²) in [5.74, 6) is -1.74.